The van der Waals surface area contributed by atoms with E-state index in [-0.39, 0.29) is 10.8 Å². The Balaban J connectivity index is 2.25. The molecule has 0 amide bonds. The molecular formula is C15H36N4O2P2. The van der Waals surface area contributed by atoms with Gasteiger partial charge in [0.1, 0.15) is 15.6 Å². The van der Waals surface area contributed by atoms with Gasteiger partial charge in [-0.1, -0.05) is 27.7 Å². The quantitative estimate of drug-likeness (QED) is 0.732. The van der Waals surface area contributed by atoms with Crippen molar-refractivity contribution in [1.82, 2.24) is 18.7 Å². The van der Waals surface area contributed by atoms with Crippen LogP contribution in [-0.4, -0.2) is 88.7 Å². The third kappa shape index (κ3) is 3.75. The standard InChI is InChI=1S/C15H36N4O2P2/c1-14(2)9-16(5)22(20,17(6)10-14)13-23(21)18(7)11-15(3,4)12-19(23)8/h20-21H,9-13H2,1-8H3. The maximum Gasteiger partial charge on any atom is 0.120 e. The Morgan fingerprint density at radius 2 is 0.870 bits per heavy atom. The first-order valence-corrected chi connectivity index (χ1v) is 12.0. The highest BCUT2D eigenvalue weighted by atomic mass is 31.3. The second-order valence-corrected chi connectivity index (χ2v) is 15.8. The molecule has 2 heterocycles. The second kappa shape index (κ2) is 6.10. The minimum Gasteiger partial charge on any atom is -0.353 e. The van der Waals surface area contributed by atoms with E-state index in [1.54, 1.807) is 0 Å². The Hall–Kier alpha value is 0.620. The highest BCUT2D eigenvalue weighted by Crippen LogP contribution is 2.77. The number of nitrogens with zero attached hydrogens (tertiary/aromatic N) is 4. The summed E-state index contributed by atoms with van der Waals surface area (Å²) in [6.07, 6.45) is 0. The lowest BCUT2D eigenvalue weighted by atomic mass is 9.93. The van der Waals surface area contributed by atoms with Crippen molar-refractivity contribution in [3.63, 3.8) is 0 Å². The molecule has 6 nitrogen and oxygen atoms in total. The van der Waals surface area contributed by atoms with Crippen molar-refractivity contribution in [2.75, 3.05) is 60.3 Å². The molecule has 2 aliphatic rings. The molecule has 2 N–H and O–H groups in total. The van der Waals surface area contributed by atoms with Gasteiger partial charge in [-0.3, -0.25) is 18.7 Å². The van der Waals surface area contributed by atoms with Gasteiger partial charge < -0.3 is 9.79 Å². The molecule has 2 rings (SSSR count). The average Bonchev–Trinajstić information content (AvgIpc) is 2.32. The third-order valence-corrected chi connectivity index (χ3v) is 13.2. The van der Waals surface area contributed by atoms with Crippen molar-refractivity contribution in [3.8, 4) is 0 Å². The molecule has 0 atom stereocenters. The molecule has 2 fully saturated rings. The van der Waals surface area contributed by atoms with E-state index in [0.717, 1.165) is 26.2 Å². The van der Waals surface area contributed by atoms with Crippen molar-refractivity contribution in [2.24, 2.45) is 10.8 Å². The normalized spacial score (nSPS) is 32.1. The van der Waals surface area contributed by atoms with Crippen LogP contribution in [0.15, 0.2) is 0 Å². The maximum absolute atomic E-state index is 11.5. The van der Waals surface area contributed by atoms with E-state index in [1.807, 2.05) is 28.2 Å². The van der Waals surface area contributed by atoms with Crippen LogP contribution < -0.4 is 0 Å². The molecule has 0 saturated carbocycles. The van der Waals surface area contributed by atoms with Crippen LogP contribution in [0.1, 0.15) is 27.7 Å². The predicted octanol–water partition coefficient (Wildman–Crippen LogP) is 2.26. The SMILES string of the molecule is CN1CC(C)(C)CN(C)[P]1(O)C[P]1(O)N(C)CC(C)(C)CN1C. The topological polar surface area (TPSA) is 53.4 Å². The van der Waals surface area contributed by atoms with Crippen LogP contribution >= 0.6 is 15.6 Å². The zero-order valence-electron chi connectivity index (χ0n) is 16.1. The molecule has 0 bridgehead atoms. The Bertz CT molecular complexity index is 393. The third-order valence-electron chi connectivity index (χ3n) is 5.19. The van der Waals surface area contributed by atoms with Gasteiger partial charge in [-0.2, -0.15) is 0 Å². The van der Waals surface area contributed by atoms with Gasteiger partial charge in [0.05, 0.1) is 5.90 Å². The molecule has 0 aliphatic carbocycles. The van der Waals surface area contributed by atoms with Gasteiger partial charge in [-0.15, -0.1) is 0 Å². The number of hydrogen-bond acceptors (Lipinski definition) is 6. The lowest BCUT2D eigenvalue weighted by Gasteiger charge is -2.60. The summed E-state index contributed by atoms with van der Waals surface area (Å²) in [5, 5.41) is 0. The van der Waals surface area contributed by atoms with Gasteiger partial charge in [0.15, 0.2) is 0 Å². The maximum atomic E-state index is 11.5. The summed E-state index contributed by atoms with van der Waals surface area (Å²) in [6, 6.07) is 0. The minimum atomic E-state index is -2.49. The fraction of sp³-hybridized carbons (Fsp3) is 1.00. The van der Waals surface area contributed by atoms with Crippen molar-refractivity contribution < 1.29 is 9.79 Å². The molecule has 0 spiro atoms. The predicted molar refractivity (Wildman–Crippen MR) is 101 cm³/mol. The molecule has 0 aromatic heterocycles. The largest absolute Gasteiger partial charge is 0.353 e. The summed E-state index contributed by atoms with van der Waals surface area (Å²) < 4.78 is 8.43. The van der Waals surface area contributed by atoms with E-state index in [9.17, 15) is 9.79 Å². The van der Waals surface area contributed by atoms with Crippen LogP contribution in [0.5, 0.6) is 0 Å². The van der Waals surface area contributed by atoms with Gasteiger partial charge in [-0.25, -0.2) is 0 Å². The second-order valence-electron chi connectivity index (χ2n) is 9.12. The highest BCUT2D eigenvalue weighted by Gasteiger charge is 2.53. The molecule has 138 valence electrons. The highest BCUT2D eigenvalue weighted by molar-refractivity contribution is 7.82. The molecule has 2 radical (unpaired) electrons. The van der Waals surface area contributed by atoms with E-state index in [4.69, 9.17) is 0 Å². The lowest BCUT2D eigenvalue weighted by Crippen LogP contribution is -2.53. The summed E-state index contributed by atoms with van der Waals surface area (Å²) in [6.45, 7) is 12.4. The van der Waals surface area contributed by atoms with Crippen LogP contribution in [0, 0.1) is 10.8 Å². The molecule has 0 aromatic carbocycles. The molecule has 2 aliphatic heterocycles. The van der Waals surface area contributed by atoms with Crippen molar-refractivity contribution in [1.29, 1.82) is 0 Å². The minimum absolute atomic E-state index is 0.156. The fourth-order valence-electron chi connectivity index (χ4n) is 4.24. The number of hydrogen-bond donors (Lipinski definition) is 2. The van der Waals surface area contributed by atoms with E-state index >= 15 is 0 Å². The van der Waals surface area contributed by atoms with E-state index in [0.29, 0.717) is 5.90 Å². The Kier molecular flexibility index (Phi) is 5.29. The lowest BCUT2D eigenvalue weighted by molar-refractivity contribution is 0.162. The molecule has 0 unspecified atom stereocenters. The van der Waals surface area contributed by atoms with Crippen molar-refractivity contribution in [2.45, 2.75) is 27.7 Å². The molecule has 8 heteroatoms. The average molecular weight is 366 g/mol. The van der Waals surface area contributed by atoms with Gasteiger partial charge in [-0.05, 0) is 39.0 Å². The van der Waals surface area contributed by atoms with E-state index in [2.05, 4.69) is 46.4 Å². The number of rotatable bonds is 2. The van der Waals surface area contributed by atoms with E-state index < -0.39 is 15.6 Å². The molecular weight excluding hydrogens is 330 g/mol. The van der Waals surface area contributed by atoms with Crippen LogP contribution in [0.2, 0.25) is 0 Å². The van der Waals surface area contributed by atoms with Crippen LogP contribution in [0.25, 0.3) is 0 Å². The fourth-order valence-corrected chi connectivity index (χ4v) is 13.2. The van der Waals surface area contributed by atoms with Crippen molar-refractivity contribution >= 4 is 15.6 Å². The van der Waals surface area contributed by atoms with Crippen LogP contribution in [0.4, 0.5) is 0 Å². The van der Waals surface area contributed by atoms with Gasteiger partial charge in [0, 0.05) is 26.2 Å². The first-order chi connectivity index (χ1) is 10.2. The molecule has 2 saturated heterocycles. The van der Waals surface area contributed by atoms with E-state index in [1.165, 1.54) is 0 Å². The summed E-state index contributed by atoms with van der Waals surface area (Å²) >= 11 is 0. The van der Waals surface area contributed by atoms with Crippen LogP contribution in [0.3, 0.4) is 0 Å². The smallest absolute Gasteiger partial charge is 0.120 e. The first-order valence-electron chi connectivity index (χ1n) is 8.30. The summed E-state index contributed by atoms with van der Waals surface area (Å²) in [4.78, 5) is 23.0. The Morgan fingerprint density at radius 3 is 1.09 bits per heavy atom. The Labute approximate surface area is 143 Å². The Morgan fingerprint density at radius 1 is 0.652 bits per heavy atom. The zero-order valence-corrected chi connectivity index (χ0v) is 17.9. The monoisotopic (exact) mass is 366 g/mol. The van der Waals surface area contributed by atoms with Crippen LogP contribution in [-0.2, 0) is 0 Å². The zero-order chi connectivity index (χ0) is 17.8. The van der Waals surface area contributed by atoms with Gasteiger partial charge in [0.2, 0.25) is 0 Å². The summed E-state index contributed by atoms with van der Waals surface area (Å²) in [5.74, 6) is 0.464. The first kappa shape index (κ1) is 19.9. The van der Waals surface area contributed by atoms with Gasteiger partial charge >= 0.3 is 0 Å². The van der Waals surface area contributed by atoms with Crippen molar-refractivity contribution in [3.05, 3.63) is 0 Å². The summed E-state index contributed by atoms with van der Waals surface area (Å²) in [5.41, 5.74) is 0.312. The van der Waals surface area contributed by atoms with Gasteiger partial charge in [0.25, 0.3) is 0 Å². The molecule has 23 heavy (non-hydrogen) atoms. The molecule has 0 aromatic rings. The summed E-state index contributed by atoms with van der Waals surface area (Å²) in [7, 11) is 3.03.